The molecule has 10 heteroatoms. The van der Waals surface area contributed by atoms with E-state index in [1.54, 1.807) is 24.3 Å². The molecule has 0 spiro atoms. The highest BCUT2D eigenvalue weighted by atomic mass is 32.2. The predicted molar refractivity (Wildman–Crippen MR) is 111 cm³/mol. The van der Waals surface area contributed by atoms with Gasteiger partial charge in [-0.2, -0.15) is 0 Å². The molecule has 29 heavy (non-hydrogen) atoms. The number of rotatable bonds is 6. The lowest BCUT2D eigenvalue weighted by Gasteiger charge is -2.62. The van der Waals surface area contributed by atoms with E-state index in [-0.39, 0.29) is 30.7 Å². The zero-order chi connectivity index (χ0) is 21.4. The molecule has 2 saturated heterocycles. The fourth-order valence-electron chi connectivity index (χ4n) is 3.65. The Kier molecular flexibility index (Phi) is 5.86. The Labute approximate surface area is 176 Å². The molecule has 0 radical (unpaired) electrons. The molecule has 156 valence electrons. The van der Waals surface area contributed by atoms with Crippen LogP contribution in [-0.2, 0) is 23.9 Å². The summed E-state index contributed by atoms with van der Waals surface area (Å²) in [6.45, 7) is 2.23. The lowest BCUT2D eigenvalue weighted by molar-refractivity contribution is -0.165. The number of thioether (sulfide) groups is 2. The van der Waals surface area contributed by atoms with Gasteiger partial charge in [0, 0.05) is 31.8 Å². The van der Waals surface area contributed by atoms with Crippen LogP contribution in [0.3, 0.4) is 0 Å². The Hall–Kier alpha value is -2.20. The third kappa shape index (κ3) is 3.48. The number of carboxylic acid groups (broad SMARTS) is 1. The Bertz CT molecular complexity index is 850. The van der Waals surface area contributed by atoms with Crippen LogP contribution >= 0.6 is 23.5 Å². The quantitative estimate of drug-likeness (QED) is 0.528. The van der Waals surface area contributed by atoms with Crippen molar-refractivity contribution >= 4 is 53.0 Å². The summed E-state index contributed by atoms with van der Waals surface area (Å²) < 4.78 is 4.20. The van der Waals surface area contributed by atoms with Gasteiger partial charge in [-0.25, -0.2) is 0 Å². The van der Waals surface area contributed by atoms with Crippen molar-refractivity contribution in [1.82, 2.24) is 4.90 Å². The van der Waals surface area contributed by atoms with Crippen LogP contribution in [0.1, 0.15) is 13.8 Å². The molecule has 1 aromatic rings. The standard InChI is InChI=1S/C19H22N2O6S2/c1-12(22)21(14-7-5-4-6-8-14)15-16(24)20-9-18(17(25)26,10-27-13(2)23)11-29-19(15,20)28-3/h4-8,15H,9-11H2,1-3H3,(H,25,26)/t15?,18?,19-/m1/s1. The van der Waals surface area contributed by atoms with Gasteiger partial charge in [-0.15, -0.1) is 23.5 Å². The van der Waals surface area contributed by atoms with Crippen molar-refractivity contribution in [1.29, 1.82) is 0 Å². The number of benzene rings is 1. The Morgan fingerprint density at radius 1 is 1.31 bits per heavy atom. The molecule has 0 bridgehead atoms. The molecule has 3 atom stereocenters. The summed E-state index contributed by atoms with van der Waals surface area (Å²) in [4.78, 5) is 51.8. The van der Waals surface area contributed by atoms with Crippen LogP contribution in [0.5, 0.6) is 0 Å². The van der Waals surface area contributed by atoms with Crippen molar-refractivity contribution < 1.29 is 29.0 Å². The van der Waals surface area contributed by atoms with Gasteiger partial charge in [0.15, 0.2) is 10.2 Å². The van der Waals surface area contributed by atoms with Crippen LogP contribution in [0.15, 0.2) is 30.3 Å². The number of esters is 1. The molecule has 0 aliphatic carbocycles. The molecule has 1 aromatic carbocycles. The summed E-state index contributed by atoms with van der Waals surface area (Å²) in [6, 6.07) is 8.19. The molecule has 2 aliphatic rings. The minimum Gasteiger partial charge on any atom is -0.481 e. The second kappa shape index (κ2) is 7.91. The number of para-hydroxylation sites is 1. The van der Waals surface area contributed by atoms with Crippen LogP contribution in [0, 0.1) is 5.41 Å². The normalized spacial score (nSPS) is 28.2. The van der Waals surface area contributed by atoms with Gasteiger partial charge in [0.05, 0.1) is 0 Å². The number of β-lactam (4-membered cyclic amide) rings is 1. The zero-order valence-corrected chi connectivity index (χ0v) is 17.9. The van der Waals surface area contributed by atoms with E-state index in [1.165, 1.54) is 47.2 Å². The zero-order valence-electron chi connectivity index (χ0n) is 16.3. The first-order valence-corrected chi connectivity index (χ1v) is 11.1. The van der Waals surface area contributed by atoms with Gasteiger partial charge >= 0.3 is 11.9 Å². The second-order valence-corrected chi connectivity index (χ2v) is 9.53. The van der Waals surface area contributed by atoms with Gasteiger partial charge < -0.3 is 14.7 Å². The maximum atomic E-state index is 13.1. The second-order valence-electron chi connectivity index (χ2n) is 7.04. The van der Waals surface area contributed by atoms with Crippen LogP contribution in [0.4, 0.5) is 5.69 Å². The van der Waals surface area contributed by atoms with Crippen molar-refractivity contribution in [2.45, 2.75) is 24.1 Å². The van der Waals surface area contributed by atoms with E-state index in [0.717, 1.165) is 0 Å². The number of ether oxygens (including phenoxy) is 1. The van der Waals surface area contributed by atoms with E-state index in [4.69, 9.17) is 4.74 Å². The molecule has 2 unspecified atom stereocenters. The summed E-state index contributed by atoms with van der Waals surface area (Å²) >= 11 is 2.71. The molecular formula is C19H22N2O6S2. The fraction of sp³-hybridized carbons (Fsp3) is 0.474. The van der Waals surface area contributed by atoms with Crippen molar-refractivity contribution in [3.05, 3.63) is 30.3 Å². The van der Waals surface area contributed by atoms with Crippen LogP contribution in [-0.4, -0.2) is 69.2 Å². The molecule has 8 nitrogen and oxygen atoms in total. The highest BCUT2D eigenvalue weighted by Gasteiger charge is 2.69. The average molecular weight is 439 g/mol. The molecule has 1 N–H and O–H groups in total. The SMILES string of the molecule is CS[C@]12SCC(COC(C)=O)(C(=O)O)CN1C(=O)C2N(C(C)=O)c1ccccc1. The average Bonchev–Trinajstić information content (AvgIpc) is 2.70. The van der Waals surface area contributed by atoms with Crippen LogP contribution < -0.4 is 4.90 Å². The molecule has 2 fully saturated rings. The largest absolute Gasteiger partial charge is 0.481 e. The number of anilines is 1. The van der Waals surface area contributed by atoms with E-state index in [1.807, 2.05) is 12.3 Å². The smallest absolute Gasteiger partial charge is 0.315 e. The predicted octanol–water partition coefficient (Wildman–Crippen LogP) is 1.65. The molecule has 0 saturated carbocycles. The van der Waals surface area contributed by atoms with E-state index >= 15 is 0 Å². The number of carboxylic acids is 1. The first kappa shape index (κ1) is 21.5. The highest BCUT2D eigenvalue weighted by molar-refractivity contribution is 8.18. The number of aliphatic carboxylic acids is 1. The monoisotopic (exact) mass is 438 g/mol. The summed E-state index contributed by atoms with van der Waals surface area (Å²) in [5.74, 6) is -2.13. The van der Waals surface area contributed by atoms with E-state index < -0.39 is 27.6 Å². The lowest BCUT2D eigenvalue weighted by Crippen LogP contribution is -2.80. The maximum Gasteiger partial charge on any atom is 0.315 e. The number of amides is 2. The molecular weight excluding hydrogens is 416 g/mol. The summed E-state index contributed by atoms with van der Waals surface area (Å²) in [6.07, 6.45) is 1.84. The molecule has 2 aliphatic heterocycles. The fourth-order valence-corrected chi connectivity index (χ4v) is 6.56. The minimum absolute atomic E-state index is 0.0840. The number of hydrogen-bond acceptors (Lipinski definition) is 7. The van der Waals surface area contributed by atoms with Gasteiger partial charge in [-0.05, 0) is 18.4 Å². The number of fused-ring (bicyclic) bond motifs is 1. The van der Waals surface area contributed by atoms with Crippen LogP contribution in [0.2, 0.25) is 0 Å². The Morgan fingerprint density at radius 3 is 2.48 bits per heavy atom. The number of nitrogens with zero attached hydrogens (tertiary/aromatic N) is 2. The van der Waals surface area contributed by atoms with Gasteiger partial charge in [-0.1, -0.05) is 18.2 Å². The van der Waals surface area contributed by atoms with Crippen molar-refractivity contribution in [2.75, 3.05) is 30.1 Å². The molecule has 3 rings (SSSR count). The topological polar surface area (TPSA) is 104 Å². The van der Waals surface area contributed by atoms with Gasteiger partial charge in [0.2, 0.25) is 5.91 Å². The first-order valence-electron chi connectivity index (χ1n) is 8.91. The highest BCUT2D eigenvalue weighted by Crippen LogP contribution is 2.57. The molecule has 2 amide bonds. The van der Waals surface area contributed by atoms with Gasteiger partial charge in [0.1, 0.15) is 12.0 Å². The van der Waals surface area contributed by atoms with Gasteiger partial charge in [0.25, 0.3) is 5.91 Å². The minimum atomic E-state index is -1.38. The Balaban J connectivity index is 1.93. The van der Waals surface area contributed by atoms with E-state index in [2.05, 4.69) is 0 Å². The molecule has 2 heterocycles. The summed E-state index contributed by atoms with van der Waals surface area (Å²) in [5, 5.41) is 9.80. The molecule has 0 aromatic heterocycles. The van der Waals surface area contributed by atoms with Crippen molar-refractivity contribution in [3.63, 3.8) is 0 Å². The van der Waals surface area contributed by atoms with Crippen LogP contribution in [0.25, 0.3) is 0 Å². The van der Waals surface area contributed by atoms with Crippen molar-refractivity contribution in [2.24, 2.45) is 5.41 Å². The number of carbonyl (C=O) groups is 4. The Morgan fingerprint density at radius 2 is 1.97 bits per heavy atom. The number of carbonyl (C=O) groups excluding carboxylic acids is 3. The third-order valence-electron chi connectivity index (χ3n) is 5.17. The third-order valence-corrected chi connectivity index (χ3v) is 8.60. The lowest BCUT2D eigenvalue weighted by atomic mass is 9.87. The summed E-state index contributed by atoms with van der Waals surface area (Å²) in [5.41, 5.74) is -0.772. The van der Waals surface area contributed by atoms with E-state index in [9.17, 15) is 24.3 Å². The van der Waals surface area contributed by atoms with Crippen molar-refractivity contribution in [3.8, 4) is 0 Å². The maximum absolute atomic E-state index is 13.1. The number of hydrogen-bond donors (Lipinski definition) is 1. The van der Waals surface area contributed by atoms with E-state index in [0.29, 0.717) is 5.69 Å². The summed E-state index contributed by atoms with van der Waals surface area (Å²) in [7, 11) is 0. The van der Waals surface area contributed by atoms with Gasteiger partial charge in [-0.3, -0.25) is 24.1 Å². The first-order chi connectivity index (χ1) is 13.7.